The van der Waals surface area contributed by atoms with Crippen LogP contribution in [-0.4, -0.2) is 167 Å². The van der Waals surface area contributed by atoms with Crippen molar-refractivity contribution >= 4 is 24.1 Å². The molecule has 0 radical (unpaired) electrons. The highest BCUT2D eigenvalue weighted by Crippen LogP contribution is 2.33. The molecule has 3 N–H and O–H groups in total. The van der Waals surface area contributed by atoms with Crippen molar-refractivity contribution in [1.82, 2.24) is 20.9 Å². The molecule has 1 rings (SSSR count). The van der Waals surface area contributed by atoms with Gasteiger partial charge in [0.05, 0.1) is 98.5 Å². The van der Waals surface area contributed by atoms with Crippen LogP contribution in [0.1, 0.15) is 25.7 Å². The number of thioether (sulfide) groups is 1. The van der Waals surface area contributed by atoms with Crippen LogP contribution < -0.4 is 16.0 Å². The summed E-state index contributed by atoms with van der Waals surface area (Å²) < 4.78 is 38.2. The van der Waals surface area contributed by atoms with Crippen LogP contribution in [-0.2, 0) is 42.7 Å². The van der Waals surface area contributed by atoms with Gasteiger partial charge in [0.25, 0.3) is 0 Å². The maximum absolute atomic E-state index is 12.1. The highest BCUT2D eigenvalue weighted by Gasteiger charge is 2.37. The lowest BCUT2D eigenvalue weighted by Gasteiger charge is -2.28. The molecular formula is C29H58N4O9S. The fraction of sp³-hybridized carbons (Fsp3) is 0.931. The monoisotopic (exact) mass is 638 g/mol. The summed E-state index contributed by atoms with van der Waals surface area (Å²) >= 11 is 1.91. The molecule has 0 aliphatic carbocycles. The van der Waals surface area contributed by atoms with Crippen molar-refractivity contribution in [3.05, 3.63) is 0 Å². The van der Waals surface area contributed by atoms with Crippen molar-refractivity contribution in [3.8, 4) is 0 Å². The number of carbonyl (C=O) groups excluding carboxylic acids is 2. The van der Waals surface area contributed by atoms with Gasteiger partial charge in [-0.2, -0.15) is 11.8 Å². The number of hydrogen-bond acceptors (Lipinski definition) is 12. The zero-order chi connectivity index (χ0) is 31.2. The predicted octanol–water partition coefficient (Wildman–Crippen LogP) is 0.159. The standard InChI is InChI=1S/C29H58N4O9S/c1-30-8-10-36-12-14-38-16-18-40-20-22-42-23-21-41-19-17-39-15-13-37-11-9-31-28(35)7-5-4-6-27-29(32-25-34)26(24-43-27)33(2)3/h25-27,29-30H,4-24H2,1-3H3,(H,31,35)(H,32,34)/t26?,27-,29?/m0/s1. The van der Waals surface area contributed by atoms with Gasteiger partial charge in [0.15, 0.2) is 0 Å². The van der Waals surface area contributed by atoms with E-state index in [0.717, 1.165) is 38.0 Å². The van der Waals surface area contributed by atoms with Crippen molar-refractivity contribution < 1.29 is 42.7 Å². The molecule has 0 aromatic rings. The summed E-state index contributed by atoms with van der Waals surface area (Å²) in [6, 6.07) is 0.517. The average molecular weight is 639 g/mol. The molecule has 13 nitrogen and oxygen atoms in total. The van der Waals surface area contributed by atoms with Crippen LogP contribution in [0, 0.1) is 0 Å². The Bertz CT molecular complexity index is 655. The van der Waals surface area contributed by atoms with Crippen molar-refractivity contribution in [2.75, 3.05) is 132 Å². The van der Waals surface area contributed by atoms with E-state index in [4.69, 9.17) is 33.2 Å². The van der Waals surface area contributed by atoms with Crippen LogP contribution in [0.4, 0.5) is 0 Å². The Hall–Kier alpha value is -1.07. The third-order valence-electron chi connectivity index (χ3n) is 6.66. The number of amides is 2. The minimum atomic E-state index is 0.0454. The summed E-state index contributed by atoms with van der Waals surface area (Å²) in [5.41, 5.74) is 0. The molecule has 2 amide bonds. The summed E-state index contributed by atoms with van der Waals surface area (Å²) in [7, 11) is 5.99. The van der Waals surface area contributed by atoms with Gasteiger partial charge in [-0.25, -0.2) is 0 Å². The molecule has 43 heavy (non-hydrogen) atoms. The molecule has 1 fully saturated rings. The number of carbonyl (C=O) groups is 2. The highest BCUT2D eigenvalue weighted by atomic mass is 32.2. The fourth-order valence-electron chi connectivity index (χ4n) is 4.29. The zero-order valence-corrected chi connectivity index (χ0v) is 27.5. The van der Waals surface area contributed by atoms with Crippen LogP contribution in [0.5, 0.6) is 0 Å². The normalized spacial score (nSPS) is 18.4. The molecule has 0 spiro atoms. The number of nitrogens with one attached hydrogen (secondary N) is 3. The van der Waals surface area contributed by atoms with Gasteiger partial charge in [0.1, 0.15) is 0 Å². The summed E-state index contributed by atoms with van der Waals surface area (Å²) in [6.45, 7) is 8.71. The molecule has 14 heteroatoms. The van der Waals surface area contributed by atoms with E-state index >= 15 is 0 Å². The van der Waals surface area contributed by atoms with Gasteiger partial charge in [-0.3, -0.25) is 9.59 Å². The molecule has 1 aliphatic rings. The van der Waals surface area contributed by atoms with Crippen molar-refractivity contribution in [2.45, 2.75) is 43.0 Å². The van der Waals surface area contributed by atoms with Gasteiger partial charge in [-0.05, 0) is 34.0 Å². The molecule has 254 valence electrons. The lowest BCUT2D eigenvalue weighted by Crippen LogP contribution is -2.48. The smallest absolute Gasteiger partial charge is 0.220 e. The lowest BCUT2D eigenvalue weighted by atomic mass is 10.0. The minimum absolute atomic E-state index is 0.0454. The van der Waals surface area contributed by atoms with Crippen LogP contribution in [0.25, 0.3) is 0 Å². The van der Waals surface area contributed by atoms with E-state index in [2.05, 4.69) is 20.9 Å². The summed E-state index contributed by atoms with van der Waals surface area (Å²) in [4.78, 5) is 25.2. The predicted molar refractivity (Wildman–Crippen MR) is 168 cm³/mol. The molecular weight excluding hydrogens is 580 g/mol. The fourth-order valence-corrected chi connectivity index (χ4v) is 6.04. The average Bonchev–Trinajstić information content (AvgIpc) is 3.40. The van der Waals surface area contributed by atoms with Crippen LogP contribution >= 0.6 is 11.8 Å². The van der Waals surface area contributed by atoms with E-state index in [9.17, 15) is 9.59 Å². The quantitative estimate of drug-likeness (QED) is 0.0684. The summed E-state index contributed by atoms with van der Waals surface area (Å²) in [5, 5.41) is 9.31. The van der Waals surface area contributed by atoms with Gasteiger partial charge in [0.2, 0.25) is 12.3 Å². The second kappa shape index (κ2) is 29.6. The topological polar surface area (TPSA) is 138 Å². The van der Waals surface area contributed by atoms with Gasteiger partial charge in [0, 0.05) is 36.6 Å². The highest BCUT2D eigenvalue weighted by molar-refractivity contribution is 8.00. The molecule has 1 aliphatic heterocycles. The first kappa shape index (κ1) is 40.0. The lowest BCUT2D eigenvalue weighted by molar-refractivity contribution is -0.121. The Morgan fingerprint density at radius 1 is 0.744 bits per heavy atom. The minimum Gasteiger partial charge on any atom is -0.378 e. The molecule has 0 bridgehead atoms. The van der Waals surface area contributed by atoms with E-state index < -0.39 is 0 Å². The van der Waals surface area contributed by atoms with Crippen molar-refractivity contribution in [1.29, 1.82) is 0 Å². The molecule has 0 aromatic carbocycles. The number of rotatable bonds is 32. The first-order chi connectivity index (χ1) is 21.1. The Morgan fingerprint density at radius 2 is 1.21 bits per heavy atom. The van der Waals surface area contributed by atoms with Crippen LogP contribution in [0.3, 0.4) is 0 Å². The van der Waals surface area contributed by atoms with Crippen LogP contribution in [0.15, 0.2) is 0 Å². The van der Waals surface area contributed by atoms with E-state index in [1.165, 1.54) is 0 Å². The van der Waals surface area contributed by atoms with E-state index in [1.807, 2.05) is 32.9 Å². The van der Waals surface area contributed by atoms with Gasteiger partial charge in [-0.1, -0.05) is 6.42 Å². The number of likely N-dealkylation sites (N-methyl/N-ethyl adjacent to an activating group) is 2. The molecule has 0 saturated carbocycles. The number of nitrogens with zero attached hydrogens (tertiary/aromatic N) is 1. The third-order valence-corrected chi connectivity index (χ3v) is 8.15. The molecule has 3 atom stereocenters. The molecule has 1 saturated heterocycles. The Kier molecular flexibility index (Phi) is 27.5. The maximum Gasteiger partial charge on any atom is 0.220 e. The molecule has 2 unspecified atom stereocenters. The Balaban J connectivity index is 1.77. The number of hydrogen-bond donors (Lipinski definition) is 3. The van der Waals surface area contributed by atoms with Crippen LogP contribution in [0.2, 0.25) is 0 Å². The number of ether oxygens (including phenoxy) is 7. The zero-order valence-electron chi connectivity index (χ0n) is 26.7. The van der Waals surface area contributed by atoms with E-state index in [1.54, 1.807) is 0 Å². The Labute approximate surface area is 263 Å². The second-order valence-corrected chi connectivity index (χ2v) is 11.5. The molecule has 0 aromatic heterocycles. The largest absolute Gasteiger partial charge is 0.378 e. The summed E-state index contributed by atoms with van der Waals surface area (Å²) in [6.07, 6.45) is 4.11. The third kappa shape index (κ3) is 23.0. The van der Waals surface area contributed by atoms with Gasteiger partial charge < -0.3 is 54.0 Å². The van der Waals surface area contributed by atoms with Crippen molar-refractivity contribution in [2.24, 2.45) is 0 Å². The van der Waals surface area contributed by atoms with E-state index in [0.29, 0.717) is 117 Å². The first-order valence-electron chi connectivity index (χ1n) is 15.5. The Morgan fingerprint density at radius 3 is 1.65 bits per heavy atom. The van der Waals surface area contributed by atoms with Gasteiger partial charge in [-0.15, -0.1) is 0 Å². The SMILES string of the molecule is CNCCOCCOCCOCCOCCOCCOCCOCCNC(=O)CCCC[C@@H]1SCC(N(C)C)C1NC=O. The van der Waals surface area contributed by atoms with Crippen molar-refractivity contribution in [3.63, 3.8) is 0 Å². The van der Waals surface area contributed by atoms with Gasteiger partial charge >= 0.3 is 0 Å². The van der Waals surface area contributed by atoms with E-state index in [-0.39, 0.29) is 11.9 Å². The number of unbranched alkanes of at least 4 members (excludes halogenated alkanes) is 1. The second-order valence-electron chi connectivity index (χ2n) is 10.2. The maximum atomic E-state index is 12.1. The summed E-state index contributed by atoms with van der Waals surface area (Å²) in [5.74, 6) is 1.06. The molecule has 1 heterocycles. The first-order valence-corrected chi connectivity index (χ1v) is 16.6.